The number of nitrogens with zero attached hydrogens (tertiary/aromatic N) is 1. The Balaban J connectivity index is 1.97. The third-order valence-corrected chi connectivity index (χ3v) is 2.44. The number of benzene rings is 1. The number of hydrogen-bond donors (Lipinski definition) is 2. The van der Waals surface area contributed by atoms with E-state index in [4.69, 9.17) is 20.9 Å². The Bertz CT molecular complexity index is 517. The van der Waals surface area contributed by atoms with E-state index in [-0.39, 0.29) is 0 Å². The van der Waals surface area contributed by atoms with Gasteiger partial charge in [0.05, 0.1) is 18.7 Å². The minimum atomic E-state index is 0.494. The van der Waals surface area contributed by atoms with Crippen molar-refractivity contribution < 1.29 is 9.47 Å². The van der Waals surface area contributed by atoms with Crippen LogP contribution < -0.4 is 16.2 Å². The molecule has 0 unspecified atom stereocenters. The van der Waals surface area contributed by atoms with Crippen molar-refractivity contribution in [3.8, 4) is 5.75 Å². The first kappa shape index (κ1) is 12.6. The Kier molecular flexibility index (Phi) is 4.33. The number of rotatable bonds is 6. The van der Waals surface area contributed by atoms with Crippen molar-refractivity contribution in [2.45, 2.75) is 0 Å². The number of hydrogen-bond acceptors (Lipinski definition) is 5. The van der Waals surface area contributed by atoms with Crippen LogP contribution in [0.3, 0.4) is 0 Å². The van der Waals surface area contributed by atoms with Gasteiger partial charge in [0.25, 0.3) is 0 Å². The number of pyridine rings is 1. The van der Waals surface area contributed by atoms with Crippen LogP contribution in [0.15, 0.2) is 30.3 Å². The Morgan fingerprint density at radius 3 is 2.72 bits per heavy atom. The summed E-state index contributed by atoms with van der Waals surface area (Å²) in [6.45, 7) is 2.10. The standard InChI is InChI=1S/C13H17N3O2/c14-5-6-17-7-8-18-11-3-1-10-2-4-13(15)16-12(10)9-11/h1-4,9H,5-8,14H2,(H2,15,16). The van der Waals surface area contributed by atoms with Gasteiger partial charge >= 0.3 is 0 Å². The van der Waals surface area contributed by atoms with Gasteiger partial charge in [-0.3, -0.25) is 0 Å². The van der Waals surface area contributed by atoms with Crippen LogP contribution in [-0.4, -0.2) is 31.3 Å². The molecule has 0 aliphatic rings. The van der Waals surface area contributed by atoms with E-state index in [0.717, 1.165) is 16.7 Å². The Morgan fingerprint density at radius 2 is 1.89 bits per heavy atom. The highest BCUT2D eigenvalue weighted by atomic mass is 16.5. The lowest BCUT2D eigenvalue weighted by Gasteiger charge is -2.07. The zero-order valence-corrected chi connectivity index (χ0v) is 10.1. The molecular formula is C13H17N3O2. The van der Waals surface area contributed by atoms with Gasteiger partial charge in [0.15, 0.2) is 0 Å². The maximum Gasteiger partial charge on any atom is 0.124 e. The van der Waals surface area contributed by atoms with Crippen LogP contribution in [0.2, 0.25) is 0 Å². The summed E-state index contributed by atoms with van der Waals surface area (Å²) >= 11 is 0. The molecule has 0 amide bonds. The molecule has 1 heterocycles. The van der Waals surface area contributed by atoms with E-state index in [1.54, 1.807) is 6.07 Å². The first-order valence-electron chi connectivity index (χ1n) is 5.86. The number of nitrogens with two attached hydrogens (primary N) is 2. The van der Waals surface area contributed by atoms with Crippen molar-refractivity contribution in [1.82, 2.24) is 4.98 Å². The Morgan fingerprint density at radius 1 is 1.06 bits per heavy atom. The Labute approximate surface area is 106 Å². The van der Waals surface area contributed by atoms with Crippen molar-refractivity contribution in [2.24, 2.45) is 5.73 Å². The summed E-state index contributed by atoms with van der Waals surface area (Å²) in [6.07, 6.45) is 0. The number of anilines is 1. The van der Waals surface area contributed by atoms with E-state index in [1.165, 1.54) is 0 Å². The van der Waals surface area contributed by atoms with E-state index < -0.39 is 0 Å². The molecule has 4 N–H and O–H groups in total. The molecule has 1 aromatic carbocycles. The number of aromatic nitrogens is 1. The van der Waals surface area contributed by atoms with Crippen molar-refractivity contribution in [3.63, 3.8) is 0 Å². The van der Waals surface area contributed by atoms with Gasteiger partial charge in [0.1, 0.15) is 18.2 Å². The minimum Gasteiger partial charge on any atom is -0.491 e. The molecule has 18 heavy (non-hydrogen) atoms. The van der Waals surface area contributed by atoms with Crippen molar-refractivity contribution in [2.75, 3.05) is 32.1 Å². The van der Waals surface area contributed by atoms with Gasteiger partial charge in [0, 0.05) is 18.0 Å². The third-order valence-electron chi connectivity index (χ3n) is 2.44. The van der Waals surface area contributed by atoms with Crippen molar-refractivity contribution in [1.29, 1.82) is 0 Å². The molecule has 2 rings (SSSR count). The lowest BCUT2D eigenvalue weighted by Crippen LogP contribution is -2.13. The fourth-order valence-electron chi connectivity index (χ4n) is 1.61. The number of fused-ring (bicyclic) bond motifs is 1. The lowest BCUT2D eigenvalue weighted by molar-refractivity contribution is 0.106. The van der Waals surface area contributed by atoms with Crippen LogP contribution in [0.4, 0.5) is 5.82 Å². The maximum absolute atomic E-state index is 5.65. The number of ether oxygens (including phenoxy) is 2. The minimum absolute atomic E-state index is 0.494. The summed E-state index contributed by atoms with van der Waals surface area (Å²) in [4.78, 5) is 4.24. The third kappa shape index (κ3) is 3.32. The van der Waals surface area contributed by atoms with Gasteiger partial charge in [-0.2, -0.15) is 0 Å². The van der Waals surface area contributed by atoms with Crippen LogP contribution in [-0.2, 0) is 4.74 Å². The van der Waals surface area contributed by atoms with Crippen LogP contribution in [0, 0.1) is 0 Å². The van der Waals surface area contributed by atoms with Crippen LogP contribution in [0.25, 0.3) is 10.9 Å². The van der Waals surface area contributed by atoms with E-state index >= 15 is 0 Å². The molecular weight excluding hydrogens is 230 g/mol. The molecule has 2 aromatic rings. The molecule has 5 heteroatoms. The predicted molar refractivity (Wildman–Crippen MR) is 71.5 cm³/mol. The van der Waals surface area contributed by atoms with Gasteiger partial charge in [-0.25, -0.2) is 4.98 Å². The van der Waals surface area contributed by atoms with Gasteiger partial charge in [0.2, 0.25) is 0 Å². The quantitative estimate of drug-likeness (QED) is 0.749. The fourth-order valence-corrected chi connectivity index (χ4v) is 1.61. The second-order valence-electron chi connectivity index (χ2n) is 3.84. The fraction of sp³-hybridized carbons (Fsp3) is 0.308. The van der Waals surface area contributed by atoms with E-state index in [0.29, 0.717) is 32.2 Å². The van der Waals surface area contributed by atoms with E-state index in [9.17, 15) is 0 Å². The maximum atomic E-state index is 5.65. The summed E-state index contributed by atoms with van der Waals surface area (Å²) in [5.74, 6) is 1.27. The molecule has 0 fully saturated rings. The monoisotopic (exact) mass is 247 g/mol. The largest absolute Gasteiger partial charge is 0.491 e. The highest BCUT2D eigenvalue weighted by Crippen LogP contribution is 2.20. The molecule has 1 aromatic heterocycles. The van der Waals surface area contributed by atoms with E-state index in [1.807, 2.05) is 24.3 Å². The molecule has 0 aliphatic heterocycles. The lowest BCUT2D eigenvalue weighted by atomic mass is 10.2. The molecule has 0 atom stereocenters. The zero-order valence-electron chi connectivity index (χ0n) is 10.1. The Hall–Kier alpha value is -1.85. The first-order chi connectivity index (χ1) is 8.79. The van der Waals surface area contributed by atoms with Crippen LogP contribution in [0.5, 0.6) is 5.75 Å². The topological polar surface area (TPSA) is 83.4 Å². The van der Waals surface area contributed by atoms with Crippen molar-refractivity contribution in [3.05, 3.63) is 30.3 Å². The van der Waals surface area contributed by atoms with Gasteiger partial charge in [-0.1, -0.05) is 0 Å². The second-order valence-corrected chi connectivity index (χ2v) is 3.84. The molecule has 0 aliphatic carbocycles. The average Bonchev–Trinajstić information content (AvgIpc) is 2.38. The molecule has 0 saturated carbocycles. The van der Waals surface area contributed by atoms with Gasteiger partial charge in [-0.15, -0.1) is 0 Å². The van der Waals surface area contributed by atoms with Crippen molar-refractivity contribution >= 4 is 16.7 Å². The predicted octanol–water partition coefficient (Wildman–Crippen LogP) is 1.17. The number of nitrogen functional groups attached to an aromatic ring is 1. The highest BCUT2D eigenvalue weighted by molar-refractivity contribution is 5.81. The molecule has 96 valence electrons. The van der Waals surface area contributed by atoms with Crippen LogP contribution >= 0.6 is 0 Å². The molecule has 0 bridgehead atoms. The van der Waals surface area contributed by atoms with Crippen LogP contribution in [0.1, 0.15) is 0 Å². The summed E-state index contributed by atoms with van der Waals surface area (Å²) in [5, 5.41) is 1.04. The SMILES string of the molecule is NCCOCCOc1ccc2ccc(N)nc2c1. The molecule has 0 radical (unpaired) electrons. The summed E-state index contributed by atoms with van der Waals surface area (Å²) < 4.78 is 10.8. The van der Waals surface area contributed by atoms with Gasteiger partial charge < -0.3 is 20.9 Å². The normalized spacial score (nSPS) is 10.7. The van der Waals surface area contributed by atoms with Gasteiger partial charge in [-0.05, 0) is 24.3 Å². The first-order valence-corrected chi connectivity index (χ1v) is 5.86. The molecule has 0 spiro atoms. The molecule has 0 saturated heterocycles. The zero-order chi connectivity index (χ0) is 12.8. The summed E-state index contributed by atoms with van der Waals surface area (Å²) in [7, 11) is 0. The average molecular weight is 247 g/mol. The van der Waals surface area contributed by atoms with E-state index in [2.05, 4.69) is 4.98 Å². The highest BCUT2D eigenvalue weighted by Gasteiger charge is 1.99. The summed E-state index contributed by atoms with van der Waals surface area (Å²) in [6, 6.07) is 9.45. The summed E-state index contributed by atoms with van der Waals surface area (Å²) in [5.41, 5.74) is 11.8. The smallest absolute Gasteiger partial charge is 0.124 e. The molecule has 5 nitrogen and oxygen atoms in total. The second kappa shape index (κ2) is 6.18.